The predicted octanol–water partition coefficient (Wildman–Crippen LogP) is 1.36. The Morgan fingerprint density at radius 3 is 2.67 bits per heavy atom. The Hall–Kier alpha value is -1.62. The molecule has 1 heterocycles. The van der Waals surface area contributed by atoms with Crippen LogP contribution in [0.15, 0.2) is 18.3 Å². The maximum atomic E-state index is 10.9. The topological polar surface area (TPSA) is 94.0 Å². The number of hydrogen-bond donors (Lipinski definition) is 3. The number of carbonyl (C=O) groups excluding carboxylic acids is 1. The highest BCUT2D eigenvalue weighted by Gasteiger charge is 2.16. The second kappa shape index (κ2) is 6.35. The van der Waals surface area contributed by atoms with Crippen molar-refractivity contribution >= 4 is 11.7 Å². The van der Waals surface area contributed by atoms with Gasteiger partial charge in [0.05, 0.1) is 5.56 Å². The number of hydrogen-bond acceptors (Lipinski definition) is 4. The van der Waals surface area contributed by atoms with Crippen LogP contribution >= 0.6 is 0 Å². The molecule has 0 aliphatic carbocycles. The lowest BCUT2D eigenvalue weighted by atomic mass is 9.88. The van der Waals surface area contributed by atoms with E-state index in [4.69, 9.17) is 11.5 Å². The molecule has 5 nitrogen and oxygen atoms in total. The first-order chi connectivity index (χ1) is 8.44. The molecule has 0 aromatic carbocycles. The number of carbonyl (C=O) groups is 1. The number of primary amides is 1. The fourth-order valence-corrected chi connectivity index (χ4v) is 1.64. The van der Waals surface area contributed by atoms with E-state index in [1.165, 1.54) is 6.20 Å². The van der Waals surface area contributed by atoms with Gasteiger partial charge in [-0.05, 0) is 36.9 Å². The first-order valence-corrected chi connectivity index (χ1v) is 6.14. The summed E-state index contributed by atoms with van der Waals surface area (Å²) in [6, 6.07) is 3.43. The van der Waals surface area contributed by atoms with E-state index in [1.54, 1.807) is 12.1 Å². The molecule has 0 saturated carbocycles. The molecule has 0 bridgehead atoms. The third kappa shape index (κ3) is 4.71. The van der Waals surface area contributed by atoms with Crippen molar-refractivity contribution in [1.29, 1.82) is 0 Å². The van der Waals surface area contributed by atoms with Gasteiger partial charge in [-0.3, -0.25) is 4.79 Å². The van der Waals surface area contributed by atoms with Crippen molar-refractivity contribution in [3.05, 3.63) is 23.9 Å². The molecule has 1 rings (SSSR count). The standard InChI is InChI=1S/C13H22N4O/c1-13(2,6-3-7-14)9-17-11-5-4-10(8-16-11)12(15)18/h4-5,8H,3,6-7,9,14H2,1-2H3,(H2,15,18)(H,16,17). The minimum Gasteiger partial charge on any atom is -0.370 e. The number of amides is 1. The van der Waals surface area contributed by atoms with E-state index >= 15 is 0 Å². The van der Waals surface area contributed by atoms with Gasteiger partial charge in [0.1, 0.15) is 5.82 Å². The average molecular weight is 250 g/mol. The Morgan fingerprint density at radius 2 is 2.17 bits per heavy atom. The van der Waals surface area contributed by atoms with E-state index in [2.05, 4.69) is 24.1 Å². The second-order valence-corrected chi connectivity index (χ2v) is 5.21. The van der Waals surface area contributed by atoms with Crippen LogP contribution in [0.3, 0.4) is 0 Å². The summed E-state index contributed by atoms with van der Waals surface area (Å²) in [4.78, 5) is 15.0. The van der Waals surface area contributed by atoms with Crippen molar-refractivity contribution < 1.29 is 4.79 Å². The van der Waals surface area contributed by atoms with Crippen LogP contribution in [0.1, 0.15) is 37.0 Å². The molecule has 5 N–H and O–H groups in total. The Kier molecular flexibility index (Phi) is 5.09. The fraction of sp³-hybridized carbons (Fsp3) is 0.538. The van der Waals surface area contributed by atoms with Gasteiger partial charge in [-0.25, -0.2) is 4.98 Å². The molecule has 0 spiro atoms. The lowest BCUT2D eigenvalue weighted by Crippen LogP contribution is -2.24. The lowest BCUT2D eigenvalue weighted by Gasteiger charge is -2.25. The van der Waals surface area contributed by atoms with Crippen molar-refractivity contribution in [1.82, 2.24) is 4.98 Å². The smallest absolute Gasteiger partial charge is 0.250 e. The van der Waals surface area contributed by atoms with Crippen LogP contribution in [0.2, 0.25) is 0 Å². The lowest BCUT2D eigenvalue weighted by molar-refractivity contribution is 0.1000. The molecule has 0 unspecified atom stereocenters. The third-order valence-electron chi connectivity index (χ3n) is 2.85. The quantitative estimate of drug-likeness (QED) is 0.681. The first kappa shape index (κ1) is 14.4. The van der Waals surface area contributed by atoms with Gasteiger partial charge in [-0.2, -0.15) is 0 Å². The minimum atomic E-state index is -0.461. The minimum absolute atomic E-state index is 0.170. The summed E-state index contributed by atoms with van der Waals surface area (Å²) in [5.74, 6) is 0.290. The zero-order chi connectivity index (χ0) is 13.6. The molecule has 5 heteroatoms. The molecule has 0 atom stereocenters. The van der Waals surface area contributed by atoms with E-state index in [-0.39, 0.29) is 5.41 Å². The molecular weight excluding hydrogens is 228 g/mol. The number of nitrogens with zero attached hydrogens (tertiary/aromatic N) is 1. The SMILES string of the molecule is CC(C)(CCCN)CNc1ccc(C(N)=O)cn1. The monoisotopic (exact) mass is 250 g/mol. The Morgan fingerprint density at radius 1 is 1.44 bits per heavy atom. The molecule has 0 fully saturated rings. The van der Waals surface area contributed by atoms with Crippen LogP contribution in [0, 0.1) is 5.41 Å². The number of anilines is 1. The number of nitrogens with two attached hydrogens (primary N) is 2. The fourth-order valence-electron chi connectivity index (χ4n) is 1.64. The summed E-state index contributed by atoms with van der Waals surface area (Å²) in [6.45, 7) is 5.91. The molecule has 18 heavy (non-hydrogen) atoms. The molecule has 100 valence electrons. The number of aromatic nitrogens is 1. The van der Waals surface area contributed by atoms with Crippen LogP contribution in [0.25, 0.3) is 0 Å². The molecule has 0 radical (unpaired) electrons. The number of rotatable bonds is 7. The van der Waals surface area contributed by atoms with E-state index in [0.29, 0.717) is 5.56 Å². The van der Waals surface area contributed by atoms with Gasteiger partial charge in [-0.1, -0.05) is 13.8 Å². The molecule has 0 saturated heterocycles. The first-order valence-electron chi connectivity index (χ1n) is 6.14. The summed E-state index contributed by atoms with van der Waals surface area (Å²) in [5, 5.41) is 3.26. The van der Waals surface area contributed by atoms with Gasteiger partial charge >= 0.3 is 0 Å². The predicted molar refractivity (Wildman–Crippen MR) is 73.3 cm³/mol. The Bertz CT molecular complexity index is 386. The van der Waals surface area contributed by atoms with Crippen LogP contribution in [0.5, 0.6) is 0 Å². The molecule has 0 aliphatic heterocycles. The van der Waals surface area contributed by atoms with Crippen molar-refractivity contribution in [3.8, 4) is 0 Å². The van der Waals surface area contributed by atoms with E-state index in [0.717, 1.165) is 31.7 Å². The van der Waals surface area contributed by atoms with Crippen molar-refractivity contribution in [3.63, 3.8) is 0 Å². The number of pyridine rings is 1. The van der Waals surface area contributed by atoms with Crippen LogP contribution in [-0.2, 0) is 0 Å². The third-order valence-corrected chi connectivity index (χ3v) is 2.85. The zero-order valence-electron chi connectivity index (χ0n) is 11.1. The van der Waals surface area contributed by atoms with Gasteiger partial charge in [0.25, 0.3) is 0 Å². The normalized spacial score (nSPS) is 11.3. The summed E-state index contributed by atoms with van der Waals surface area (Å²) in [6.07, 6.45) is 3.57. The van der Waals surface area contributed by atoms with Gasteiger partial charge in [0.2, 0.25) is 5.91 Å². The largest absolute Gasteiger partial charge is 0.370 e. The highest BCUT2D eigenvalue weighted by molar-refractivity contribution is 5.92. The molecular formula is C13H22N4O. The van der Waals surface area contributed by atoms with Crippen LogP contribution < -0.4 is 16.8 Å². The van der Waals surface area contributed by atoms with Crippen molar-refractivity contribution in [2.24, 2.45) is 16.9 Å². The van der Waals surface area contributed by atoms with Gasteiger partial charge < -0.3 is 16.8 Å². The zero-order valence-corrected chi connectivity index (χ0v) is 11.1. The van der Waals surface area contributed by atoms with Crippen molar-refractivity contribution in [2.75, 3.05) is 18.4 Å². The maximum Gasteiger partial charge on any atom is 0.250 e. The molecule has 1 amide bonds. The van der Waals surface area contributed by atoms with Gasteiger partial charge in [0.15, 0.2) is 0 Å². The van der Waals surface area contributed by atoms with Gasteiger partial charge in [-0.15, -0.1) is 0 Å². The molecule has 0 aliphatic rings. The highest BCUT2D eigenvalue weighted by atomic mass is 16.1. The van der Waals surface area contributed by atoms with Crippen molar-refractivity contribution in [2.45, 2.75) is 26.7 Å². The molecule has 1 aromatic rings. The maximum absolute atomic E-state index is 10.9. The Balaban J connectivity index is 2.50. The summed E-state index contributed by atoms with van der Waals surface area (Å²) in [7, 11) is 0. The van der Waals surface area contributed by atoms with Gasteiger partial charge in [0, 0.05) is 12.7 Å². The van der Waals surface area contributed by atoms with E-state index in [1.807, 2.05) is 0 Å². The Labute approximate surface area is 108 Å². The average Bonchev–Trinajstić information content (AvgIpc) is 2.35. The van der Waals surface area contributed by atoms with Crippen LogP contribution in [0.4, 0.5) is 5.82 Å². The van der Waals surface area contributed by atoms with Crippen LogP contribution in [-0.4, -0.2) is 24.0 Å². The highest BCUT2D eigenvalue weighted by Crippen LogP contribution is 2.22. The summed E-state index contributed by atoms with van der Waals surface area (Å²) in [5.41, 5.74) is 11.3. The number of nitrogens with one attached hydrogen (secondary N) is 1. The van der Waals surface area contributed by atoms with E-state index in [9.17, 15) is 4.79 Å². The summed E-state index contributed by atoms with van der Waals surface area (Å²) < 4.78 is 0. The molecule has 1 aromatic heterocycles. The second-order valence-electron chi connectivity index (χ2n) is 5.21. The van der Waals surface area contributed by atoms with E-state index < -0.39 is 5.91 Å². The summed E-state index contributed by atoms with van der Waals surface area (Å²) >= 11 is 0.